The number of amides is 1. The van der Waals surface area contributed by atoms with E-state index < -0.39 is 5.41 Å². The van der Waals surface area contributed by atoms with Crippen LogP contribution >= 0.6 is 22.9 Å². The Hall–Kier alpha value is -2.58. The molecule has 1 amide bonds. The van der Waals surface area contributed by atoms with Crippen molar-refractivity contribution in [3.63, 3.8) is 0 Å². The van der Waals surface area contributed by atoms with Crippen LogP contribution in [0.1, 0.15) is 61.4 Å². The fourth-order valence-corrected chi connectivity index (χ4v) is 8.80. The van der Waals surface area contributed by atoms with Gasteiger partial charge < -0.3 is 14.2 Å². The van der Waals surface area contributed by atoms with Crippen LogP contribution in [0.25, 0.3) is 0 Å². The highest BCUT2D eigenvalue weighted by Gasteiger charge is 2.61. The fraction of sp³-hybridized carbons (Fsp3) is 0.536. The van der Waals surface area contributed by atoms with Gasteiger partial charge in [0.05, 0.1) is 36.3 Å². The molecule has 1 aliphatic heterocycles. The maximum Gasteiger partial charge on any atom is 0.312 e. The number of esters is 1. The zero-order valence-corrected chi connectivity index (χ0v) is 22.6. The van der Waals surface area contributed by atoms with Crippen LogP contribution in [0.3, 0.4) is 0 Å². The second-order valence-electron chi connectivity index (χ2n) is 11.1. The molecule has 4 bridgehead atoms. The van der Waals surface area contributed by atoms with E-state index >= 15 is 0 Å². The number of thiophene rings is 1. The van der Waals surface area contributed by atoms with Gasteiger partial charge in [0.15, 0.2) is 18.1 Å². The molecule has 0 N–H and O–H groups in total. The number of carbonyl (C=O) groups is 2. The molecule has 4 aliphatic carbocycles. The average molecular weight is 543 g/mol. The van der Waals surface area contributed by atoms with Gasteiger partial charge in [-0.25, -0.2) is 5.01 Å². The summed E-state index contributed by atoms with van der Waals surface area (Å²) >= 11 is 8.49. The number of ether oxygens (including phenoxy) is 3. The minimum Gasteiger partial charge on any atom is -0.493 e. The average Bonchev–Trinajstić information content (AvgIpc) is 3.55. The zero-order valence-electron chi connectivity index (χ0n) is 21.1. The molecule has 9 heteroatoms. The molecule has 0 unspecified atom stereocenters. The van der Waals surface area contributed by atoms with Crippen LogP contribution in [0.5, 0.6) is 11.5 Å². The molecule has 7 rings (SSSR count). The number of hydrogen-bond acceptors (Lipinski definition) is 7. The van der Waals surface area contributed by atoms with Crippen molar-refractivity contribution in [1.29, 1.82) is 0 Å². The van der Waals surface area contributed by atoms with Crippen LogP contribution in [0, 0.1) is 17.3 Å². The quantitative estimate of drug-likeness (QED) is 0.338. The lowest BCUT2D eigenvalue weighted by atomic mass is 9.49. The molecule has 2 aromatic rings. The third kappa shape index (κ3) is 4.42. The number of hydrogen-bond donors (Lipinski definition) is 0. The Morgan fingerprint density at radius 2 is 1.86 bits per heavy atom. The Balaban J connectivity index is 1.21. The van der Waals surface area contributed by atoms with Crippen molar-refractivity contribution in [2.24, 2.45) is 22.4 Å². The van der Waals surface area contributed by atoms with E-state index in [0.717, 1.165) is 48.3 Å². The van der Waals surface area contributed by atoms with Gasteiger partial charge in [-0.1, -0.05) is 12.1 Å². The molecule has 0 spiro atoms. The van der Waals surface area contributed by atoms with E-state index in [1.165, 1.54) is 5.01 Å². The van der Waals surface area contributed by atoms with E-state index in [-0.39, 0.29) is 29.4 Å². The van der Waals surface area contributed by atoms with Crippen LogP contribution in [0.15, 0.2) is 40.8 Å². The van der Waals surface area contributed by atoms with Crippen molar-refractivity contribution in [3.05, 3.63) is 46.2 Å². The zero-order chi connectivity index (χ0) is 25.8. The van der Waals surface area contributed by atoms with Crippen LogP contribution < -0.4 is 9.47 Å². The van der Waals surface area contributed by atoms with Gasteiger partial charge in [0, 0.05) is 11.3 Å². The number of benzene rings is 1. The first-order valence-corrected chi connectivity index (χ1v) is 14.1. The highest BCUT2D eigenvalue weighted by molar-refractivity contribution is 7.12. The Kier molecular flexibility index (Phi) is 6.23. The molecule has 1 aromatic heterocycles. The first-order chi connectivity index (χ1) is 17.8. The lowest BCUT2D eigenvalue weighted by Crippen LogP contribution is -2.56. The van der Waals surface area contributed by atoms with Gasteiger partial charge in [-0.3, -0.25) is 9.59 Å². The van der Waals surface area contributed by atoms with E-state index in [4.69, 9.17) is 30.9 Å². The molecule has 3 atom stereocenters. The summed E-state index contributed by atoms with van der Waals surface area (Å²) in [6, 6.07) is 9.25. The van der Waals surface area contributed by atoms with Crippen molar-refractivity contribution in [2.45, 2.75) is 55.9 Å². The monoisotopic (exact) mass is 542 g/mol. The van der Waals surface area contributed by atoms with E-state index in [2.05, 4.69) is 0 Å². The lowest BCUT2D eigenvalue weighted by molar-refractivity contribution is -0.173. The first kappa shape index (κ1) is 24.7. The number of hydrazone groups is 1. The van der Waals surface area contributed by atoms with Crippen LogP contribution in [0.2, 0.25) is 0 Å². The van der Waals surface area contributed by atoms with Gasteiger partial charge in [-0.2, -0.15) is 5.10 Å². The Morgan fingerprint density at radius 3 is 2.51 bits per heavy atom. The maximum atomic E-state index is 13.5. The number of alkyl halides is 1. The summed E-state index contributed by atoms with van der Waals surface area (Å²) in [4.78, 5) is 27.6. The van der Waals surface area contributed by atoms with Crippen molar-refractivity contribution in [3.8, 4) is 11.5 Å². The summed E-state index contributed by atoms with van der Waals surface area (Å²) in [6.07, 6.45) is 5.98. The van der Waals surface area contributed by atoms with Gasteiger partial charge >= 0.3 is 5.97 Å². The predicted octanol–water partition coefficient (Wildman–Crippen LogP) is 5.56. The molecule has 37 heavy (non-hydrogen) atoms. The highest BCUT2D eigenvalue weighted by Crippen LogP contribution is 2.64. The highest BCUT2D eigenvalue weighted by atomic mass is 35.5. The van der Waals surface area contributed by atoms with Gasteiger partial charge in [0.2, 0.25) is 0 Å². The molecular formula is C28H31ClN2O5S. The smallest absolute Gasteiger partial charge is 0.312 e. The van der Waals surface area contributed by atoms with Crippen LogP contribution in [-0.2, 0) is 14.3 Å². The second-order valence-corrected chi connectivity index (χ2v) is 12.8. The summed E-state index contributed by atoms with van der Waals surface area (Å²) in [5.41, 5.74) is 1.16. The molecule has 2 heterocycles. The molecule has 7 nitrogen and oxygen atoms in total. The summed E-state index contributed by atoms with van der Waals surface area (Å²) in [5, 5.41) is 8.15. The van der Waals surface area contributed by atoms with Crippen LogP contribution in [-0.4, -0.2) is 48.3 Å². The predicted molar refractivity (Wildman–Crippen MR) is 141 cm³/mol. The molecule has 0 saturated heterocycles. The van der Waals surface area contributed by atoms with E-state index in [0.29, 0.717) is 36.2 Å². The SMILES string of the molecule is COc1ccc([C@@H]2CC(c3cccs3)=NN2C(=O)COC(=O)C23C[C@@H]4C[C@H](CC(Cl)(C4)C2)C3)cc1OC. The Labute approximate surface area is 225 Å². The number of halogens is 1. The van der Waals surface area contributed by atoms with Gasteiger partial charge in [-0.05, 0) is 79.5 Å². The van der Waals surface area contributed by atoms with E-state index in [1.807, 2.05) is 35.7 Å². The number of methoxy groups -OCH3 is 2. The topological polar surface area (TPSA) is 77.4 Å². The minimum absolute atomic E-state index is 0.274. The van der Waals surface area contributed by atoms with E-state index in [1.54, 1.807) is 25.6 Å². The maximum absolute atomic E-state index is 13.5. The van der Waals surface area contributed by atoms with Crippen molar-refractivity contribution < 1.29 is 23.8 Å². The number of rotatable bonds is 7. The van der Waals surface area contributed by atoms with Crippen molar-refractivity contribution in [2.75, 3.05) is 20.8 Å². The molecule has 0 radical (unpaired) electrons. The molecule has 4 saturated carbocycles. The third-order valence-corrected chi connectivity index (χ3v) is 9.87. The Bertz CT molecular complexity index is 1230. The molecule has 1 aromatic carbocycles. The summed E-state index contributed by atoms with van der Waals surface area (Å²) in [6.45, 7) is -0.337. The number of carbonyl (C=O) groups excluding carboxylic acids is 2. The van der Waals surface area contributed by atoms with Gasteiger partial charge in [0.25, 0.3) is 5.91 Å². The number of nitrogens with zero attached hydrogens (tertiary/aromatic N) is 2. The second kappa shape index (κ2) is 9.31. The molecule has 196 valence electrons. The minimum atomic E-state index is -0.550. The van der Waals surface area contributed by atoms with E-state index in [9.17, 15) is 9.59 Å². The lowest BCUT2D eigenvalue weighted by Gasteiger charge is -2.58. The van der Waals surface area contributed by atoms with Crippen LogP contribution in [0.4, 0.5) is 0 Å². The van der Waals surface area contributed by atoms with Gasteiger partial charge in [0.1, 0.15) is 0 Å². The van der Waals surface area contributed by atoms with Crippen molar-refractivity contribution in [1.82, 2.24) is 5.01 Å². The Morgan fingerprint density at radius 1 is 1.11 bits per heavy atom. The standard InChI is InChI=1S/C28H31ClN2O5S/c1-34-22-6-5-19(9-23(22)35-2)21-10-20(24-4-3-7-37-24)30-31(21)25(32)15-36-26(33)27-11-17-8-18(12-27)14-28(29,13-17)16-27/h3-7,9,17-18,21H,8,10-16H2,1-2H3/t17-,18-,21-,27?,28?/m0/s1. The molecule has 4 fully saturated rings. The van der Waals surface area contributed by atoms with Gasteiger partial charge in [-0.15, -0.1) is 22.9 Å². The normalized spacial score (nSPS) is 31.8. The summed E-state index contributed by atoms with van der Waals surface area (Å²) < 4.78 is 16.6. The largest absolute Gasteiger partial charge is 0.493 e. The summed E-state index contributed by atoms with van der Waals surface area (Å²) in [7, 11) is 3.17. The van der Waals surface area contributed by atoms with Crippen molar-refractivity contribution >= 4 is 40.5 Å². The molecular weight excluding hydrogens is 512 g/mol. The summed E-state index contributed by atoms with van der Waals surface area (Å²) in [5.74, 6) is 1.54. The fourth-order valence-electron chi connectivity index (χ4n) is 7.39. The first-order valence-electron chi connectivity index (χ1n) is 12.8. The molecule has 5 aliphatic rings. The third-order valence-electron chi connectivity index (χ3n) is 8.51.